The average Bonchev–Trinajstić information content (AvgIpc) is 3.79. The predicted octanol–water partition coefficient (Wildman–Crippen LogP) is 18.2. The predicted molar refractivity (Wildman–Crippen MR) is 299 cm³/mol. The van der Waals surface area contributed by atoms with Gasteiger partial charge in [0.15, 0.2) is 5.82 Å². The highest BCUT2D eigenvalue weighted by Crippen LogP contribution is 2.47. The minimum Gasteiger partial charge on any atom is -0.309 e. The first-order valence-corrected chi connectivity index (χ1v) is 24.3. The summed E-state index contributed by atoms with van der Waals surface area (Å²) in [6, 6.07) is 94.2. The monoisotopic (exact) mass is 901 g/mol. The van der Waals surface area contributed by atoms with Gasteiger partial charge in [0.05, 0.1) is 22.4 Å². The van der Waals surface area contributed by atoms with Gasteiger partial charge in [0, 0.05) is 33.2 Å². The van der Waals surface area contributed by atoms with E-state index >= 15 is 0 Å². The molecule has 2 heterocycles. The molecular formula is C68H43N3. The van der Waals surface area contributed by atoms with Crippen LogP contribution in [0.2, 0.25) is 0 Å². The van der Waals surface area contributed by atoms with Crippen molar-refractivity contribution >= 4 is 64.9 Å². The second-order valence-corrected chi connectivity index (χ2v) is 18.4. The van der Waals surface area contributed by atoms with E-state index in [0.717, 1.165) is 50.4 Å². The van der Waals surface area contributed by atoms with Gasteiger partial charge < -0.3 is 4.57 Å². The van der Waals surface area contributed by atoms with Crippen molar-refractivity contribution in [2.45, 2.75) is 0 Å². The smallest absolute Gasteiger partial charge is 0.160 e. The van der Waals surface area contributed by atoms with Crippen LogP contribution in [0.3, 0.4) is 0 Å². The Labute approximate surface area is 411 Å². The molecule has 3 nitrogen and oxygen atoms in total. The molecule has 0 bridgehead atoms. The van der Waals surface area contributed by atoms with E-state index in [1.165, 1.54) is 81.7 Å². The number of aromatic nitrogens is 3. The third kappa shape index (κ3) is 6.82. The minimum atomic E-state index is 0.696. The van der Waals surface area contributed by atoms with Gasteiger partial charge in [-0.05, 0) is 119 Å². The van der Waals surface area contributed by atoms with Crippen molar-refractivity contribution in [1.82, 2.24) is 14.5 Å². The average molecular weight is 902 g/mol. The lowest BCUT2D eigenvalue weighted by Gasteiger charge is -2.19. The van der Waals surface area contributed by atoms with Gasteiger partial charge in [-0.15, -0.1) is 0 Å². The molecule has 0 aliphatic rings. The molecular weight excluding hydrogens is 859 g/mol. The summed E-state index contributed by atoms with van der Waals surface area (Å²) in [5, 5.41) is 12.3. The molecule has 0 atom stereocenters. The molecule has 0 aliphatic carbocycles. The van der Waals surface area contributed by atoms with Crippen molar-refractivity contribution < 1.29 is 0 Å². The summed E-state index contributed by atoms with van der Waals surface area (Å²) >= 11 is 0. The highest BCUT2D eigenvalue weighted by atomic mass is 15.0. The van der Waals surface area contributed by atoms with Crippen molar-refractivity contribution in [2.24, 2.45) is 0 Å². The van der Waals surface area contributed by atoms with Gasteiger partial charge in [-0.3, -0.25) is 0 Å². The summed E-state index contributed by atoms with van der Waals surface area (Å²) < 4.78 is 2.36. The summed E-state index contributed by atoms with van der Waals surface area (Å²) in [5.41, 5.74) is 15.6. The van der Waals surface area contributed by atoms with Crippen molar-refractivity contribution in [2.75, 3.05) is 0 Å². The van der Waals surface area contributed by atoms with Gasteiger partial charge in [0.2, 0.25) is 0 Å². The molecule has 0 saturated heterocycles. The Hall–Kier alpha value is -9.44. The lowest BCUT2D eigenvalue weighted by Crippen LogP contribution is -1.96. The lowest BCUT2D eigenvalue weighted by atomic mass is 9.83. The van der Waals surface area contributed by atoms with Crippen LogP contribution in [0.1, 0.15) is 0 Å². The highest BCUT2D eigenvalue weighted by Gasteiger charge is 2.21. The zero-order valence-electron chi connectivity index (χ0n) is 38.7. The summed E-state index contributed by atoms with van der Waals surface area (Å²) in [6.45, 7) is 0. The molecule has 14 aromatic rings. The first-order valence-electron chi connectivity index (χ1n) is 24.3. The van der Waals surface area contributed by atoms with Gasteiger partial charge >= 0.3 is 0 Å². The Balaban J connectivity index is 0.862. The Morgan fingerprint density at radius 1 is 0.268 bits per heavy atom. The van der Waals surface area contributed by atoms with Gasteiger partial charge in [-0.1, -0.05) is 218 Å². The fourth-order valence-electron chi connectivity index (χ4n) is 11.1. The highest BCUT2D eigenvalue weighted by molar-refractivity contribution is 6.28. The normalized spacial score (nSPS) is 11.7. The van der Waals surface area contributed by atoms with E-state index < -0.39 is 0 Å². The third-order valence-electron chi connectivity index (χ3n) is 14.4. The Kier molecular flexibility index (Phi) is 9.53. The molecule has 330 valence electrons. The fourth-order valence-corrected chi connectivity index (χ4v) is 11.1. The SMILES string of the molecule is c1ccc(-c2nc(-c3ccc(-c4ccc5cc(-c6c7ccccc7c(-c7ccccc7)c7ccc8ccccc8c67)ccc5c4)cc3)cc(-c3cccc4c3c3ccccc3n4-c3ccccc3)n2)cc1. The first kappa shape index (κ1) is 40.6. The molecule has 2 aromatic heterocycles. The van der Waals surface area contributed by atoms with Crippen LogP contribution in [0, 0.1) is 0 Å². The van der Waals surface area contributed by atoms with Crippen LogP contribution in [0.5, 0.6) is 0 Å². The number of para-hydroxylation sites is 2. The molecule has 0 N–H and O–H groups in total. The van der Waals surface area contributed by atoms with Crippen molar-refractivity contribution in [3.8, 4) is 73.0 Å². The topological polar surface area (TPSA) is 30.7 Å². The molecule has 0 fully saturated rings. The molecule has 12 aromatic carbocycles. The second-order valence-electron chi connectivity index (χ2n) is 18.4. The van der Waals surface area contributed by atoms with E-state index in [9.17, 15) is 0 Å². The Morgan fingerprint density at radius 2 is 0.817 bits per heavy atom. The first-order chi connectivity index (χ1) is 35.2. The number of benzene rings is 12. The largest absolute Gasteiger partial charge is 0.309 e. The van der Waals surface area contributed by atoms with Crippen LogP contribution in [0.15, 0.2) is 261 Å². The van der Waals surface area contributed by atoms with Crippen molar-refractivity contribution in [3.05, 3.63) is 261 Å². The van der Waals surface area contributed by atoms with Gasteiger partial charge in [-0.2, -0.15) is 0 Å². The lowest BCUT2D eigenvalue weighted by molar-refractivity contribution is 1.18. The Bertz CT molecular complexity index is 4370. The molecule has 71 heavy (non-hydrogen) atoms. The molecule has 0 aliphatic heterocycles. The summed E-state index contributed by atoms with van der Waals surface area (Å²) in [7, 11) is 0. The number of hydrogen-bond donors (Lipinski definition) is 0. The maximum atomic E-state index is 5.30. The summed E-state index contributed by atoms with van der Waals surface area (Å²) in [5.74, 6) is 0.696. The van der Waals surface area contributed by atoms with Crippen molar-refractivity contribution in [1.29, 1.82) is 0 Å². The summed E-state index contributed by atoms with van der Waals surface area (Å²) in [6.07, 6.45) is 0. The number of hydrogen-bond acceptors (Lipinski definition) is 2. The number of rotatable bonds is 7. The minimum absolute atomic E-state index is 0.696. The maximum absolute atomic E-state index is 5.30. The third-order valence-corrected chi connectivity index (χ3v) is 14.4. The van der Waals surface area contributed by atoms with E-state index in [0.29, 0.717) is 5.82 Å². The maximum Gasteiger partial charge on any atom is 0.160 e. The molecule has 0 unspecified atom stereocenters. The van der Waals surface area contributed by atoms with E-state index in [4.69, 9.17) is 9.97 Å². The van der Waals surface area contributed by atoms with Crippen LogP contribution in [-0.2, 0) is 0 Å². The van der Waals surface area contributed by atoms with E-state index in [1.54, 1.807) is 0 Å². The Morgan fingerprint density at radius 3 is 1.58 bits per heavy atom. The molecule has 0 spiro atoms. The molecule has 14 rings (SSSR count). The quantitative estimate of drug-likeness (QED) is 0.118. The van der Waals surface area contributed by atoms with Crippen LogP contribution in [0.25, 0.3) is 138 Å². The summed E-state index contributed by atoms with van der Waals surface area (Å²) in [4.78, 5) is 10.5. The van der Waals surface area contributed by atoms with Gasteiger partial charge in [0.1, 0.15) is 0 Å². The van der Waals surface area contributed by atoms with Crippen LogP contribution in [-0.4, -0.2) is 14.5 Å². The zero-order chi connectivity index (χ0) is 46.8. The standard InChI is InChI=1S/C68H43N3/c1-4-18-47(19-5-1)64-55-25-12-13-26-56(55)65(67-54-24-11-10-17-45(54)39-40-59(64)67)52-38-37-50-41-49(35-36-51(50)42-52)44-31-33-46(34-32-44)60-43-61(70-68(69-60)48-20-6-2-7-21-48)57-28-16-30-63-66(57)58-27-14-15-29-62(58)71(63)53-22-8-3-9-23-53/h1-43H. The molecule has 0 saturated carbocycles. The molecule has 0 amide bonds. The van der Waals surface area contributed by atoms with E-state index in [2.05, 4.69) is 247 Å². The van der Waals surface area contributed by atoms with Crippen molar-refractivity contribution in [3.63, 3.8) is 0 Å². The van der Waals surface area contributed by atoms with Crippen LogP contribution < -0.4 is 0 Å². The second kappa shape index (κ2) is 16.7. The fraction of sp³-hybridized carbons (Fsp3) is 0. The number of nitrogens with zero attached hydrogens (tertiary/aromatic N) is 3. The molecule has 3 heteroatoms. The van der Waals surface area contributed by atoms with E-state index in [1.807, 2.05) is 18.2 Å². The van der Waals surface area contributed by atoms with E-state index in [-0.39, 0.29) is 0 Å². The van der Waals surface area contributed by atoms with Crippen LogP contribution >= 0.6 is 0 Å². The zero-order valence-corrected chi connectivity index (χ0v) is 38.7. The van der Waals surface area contributed by atoms with Crippen LogP contribution in [0.4, 0.5) is 0 Å². The molecule has 0 radical (unpaired) electrons. The number of fused-ring (bicyclic) bond motifs is 8. The van der Waals surface area contributed by atoms with Gasteiger partial charge in [-0.25, -0.2) is 9.97 Å². The van der Waals surface area contributed by atoms with Gasteiger partial charge in [0.25, 0.3) is 0 Å².